The molecule has 0 bridgehead atoms. The number of rotatable bonds is 4. The minimum atomic E-state index is -0.398. The van der Waals surface area contributed by atoms with Gasteiger partial charge in [-0.1, -0.05) is 42.5 Å². The van der Waals surface area contributed by atoms with Crippen LogP contribution in [0.2, 0.25) is 0 Å². The van der Waals surface area contributed by atoms with Gasteiger partial charge in [0.2, 0.25) is 0 Å². The maximum Gasteiger partial charge on any atom is 0.339 e. The molecule has 6 nitrogen and oxygen atoms in total. The number of carbonyl (C=O) groups is 1. The lowest BCUT2D eigenvalue weighted by molar-refractivity contribution is 0.0602. The van der Waals surface area contributed by atoms with Gasteiger partial charge in [-0.3, -0.25) is 9.38 Å². The third-order valence-electron chi connectivity index (χ3n) is 4.06. The van der Waals surface area contributed by atoms with Crippen molar-refractivity contribution in [1.29, 1.82) is 0 Å². The number of aromatic nitrogens is 3. The van der Waals surface area contributed by atoms with Crippen molar-refractivity contribution < 1.29 is 9.53 Å². The number of methoxy groups -OCH3 is 1. The summed E-state index contributed by atoms with van der Waals surface area (Å²) in [6.07, 6.45) is 5.22. The summed E-state index contributed by atoms with van der Waals surface area (Å²) in [5, 5.41) is 3.35. The second-order valence-corrected chi connectivity index (χ2v) is 5.64. The van der Waals surface area contributed by atoms with E-state index >= 15 is 0 Å². The van der Waals surface area contributed by atoms with Crippen LogP contribution in [0.15, 0.2) is 73.2 Å². The van der Waals surface area contributed by atoms with Gasteiger partial charge in [-0.25, -0.2) is 9.78 Å². The number of carbonyl (C=O) groups excluding carboxylic acids is 1. The van der Waals surface area contributed by atoms with Crippen LogP contribution in [0.1, 0.15) is 10.4 Å². The number of benzene rings is 2. The highest BCUT2D eigenvalue weighted by Crippen LogP contribution is 2.31. The molecule has 0 radical (unpaired) electrons. The number of para-hydroxylation sites is 1. The number of imidazole rings is 1. The molecule has 4 rings (SSSR count). The molecule has 0 saturated carbocycles. The Kier molecular flexibility index (Phi) is 4.07. The molecule has 0 atom stereocenters. The number of ether oxygens (including phenoxy) is 1. The largest absolute Gasteiger partial charge is 0.465 e. The van der Waals surface area contributed by atoms with Crippen molar-refractivity contribution in [3.8, 4) is 11.3 Å². The van der Waals surface area contributed by atoms with Gasteiger partial charge < -0.3 is 10.1 Å². The van der Waals surface area contributed by atoms with Gasteiger partial charge in [0.05, 0.1) is 24.6 Å². The summed E-state index contributed by atoms with van der Waals surface area (Å²) in [7, 11) is 1.37. The number of hydrogen-bond acceptors (Lipinski definition) is 5. The first-order valence-electron chi connectivity index (χ1n) is 8.10. The molecule has 0 aliphatic heterocycles. The summed E-state index contributed by atoms with van der Waals surface area (Å²) in [5.74, 6) is 0.356. The van der Waals surface area contributed by atoms with E-state index in [9.17, 15) is 4.79 Å². The van der Waals surface area contributed by atoms with Crippen molar-refractivity contribution in [2.75, 3.05) is 12.4 Å². The first kappa shape index (κ1) is 15.8. The minimum absolute atomic E-state index is 0.398. The van der Waals surface area contributed by atoms with Crippen molar-refractivity contribution >= 4 is 23.1 Å². The van der Waals surface area contributed by atoms with Crippen LogP contribution in [0, 0.1) is 0 Å². The lowest BCUT2D eigenvalue weighted by Gasteiger charge is -2.12. The molecule has 4 aromatic rings. The first-order valence-corrected chi connectivity index (χ1v) is 8.10. The second-order valence-electron chi connectivity index (χ2n) is 5.64. The molecular weight excluding hydrogens is 328 g/mol. The zero-order valence-electron chi connectivity index (χ0n) is 14.1. The average molecular weight is 344 g/mol. The molecule has 0 fully saturated rings. The normalized spacial score (nSPS) is 10.7. The number of nitrogens with zero attached hydrogens (tertiary/aromatic N) is 3. The Morgan fingerprint density at radius 3 is 2.65 bits per heavy atom. The van der Waals surface area contributed by atoms with Gasteiger partial charge in [-0.2, -0.15) is 0 Å². The van der Waals surface area contributed by atoms with E-state index in [-0.39, 0.29) is 0 Å². The van der Waals surface area contributed by atoms with E-state index in [4.69, 9.17) is 9.72 Å². The predicted molar refractivity (Wildman–Crippen MR) is 99.5 cm³/mol. The molecule has 0 unspecified atom stereocenters. The van der Waals surface area contributed by atoms with Crippen molar-refractivity contribution in [3.63, 3.8) is 0 Å². The van der Waals surface area contributed by atoms with Crippen molar-refractivity contribution in [2.24, 2.45) is 0 Å². The highest BCUT2D eigenvalue weighted by atomic mass is 16.5. The van der Waals surface area contributed by atoms with Gasteiger partial charge in [0.25, 0.3) is 0 Å². The maximum absolute atomic E-state index is 12.1. The van der Waals surface area contributed by atoms with Crippen molar-refractivity contribution in [3.05, 3.63) is 78.8 Å². The zero-order valence-corrected chi connectivity index (χ0v) is 14.1. The molecule has 2 heterocycles. The van der Waals surface area contributed by atoms with E-state index in [0.717, 1.165) is 17.1 Å². The van der Waals surface area contributed by atoms with E-state index in [1.807, 2.05) is 53.1 Å². The molecule has 0 aliphatic rings. The lowest BCUT2D eigenvalue weighted by Crippen LogP contribution is -2.06. The predicted octanol–water partition coefficient (Wildman–Crippen LogP) is 3.93. The second kappa shape index (κ2) is 6.68. The summed E-state index contributed by atoms with van der Waals surface area (Å²) in [5.41, 5.74) is 3.56. The quantitative estimate of drug-likeness (QED) is 0.568. The molecule has 128 valence electrons. The number of hydrogen-bond donors (Lipinski definition) is 1. The zero-order chi connectivity index (χ0) is 17.9. The fourth-order valence-electron chi connectivity index (χ4n) is 2.83. The van der Waals surface area contributed by atoms with Crippen LogP contribution in [0.25, 0.3) is 16.9 Å². The van der Waals surface area contributed by atoms with E-state index in [1.165, 1.54) is 7.11 Å². The van der Waals surface area contributed by atoms with Crippen LogP contribution >= 0.6 is 0 Å². The van der Waals surface area contributed by atoms with Gasteiger partial charge in [-0.05, 0) is 12.1 Å². The van der Waals surface area contributed by atoms with Crippen LogP contribution in [0.3, 0.4) is 0 Å². The minimum Gasteiger partial charge on any atom is -0.465 e. The number of anilines is 2. The van der Waals surface area contributed by atoms with Crippen LogP contribution < -0.4 is 5.32 Å². The third kappa shape index (κ3) is 2.77. The molecule has 2 aromatic heterocycles. The fraction of sp³-hybridized carbons (Fsp3) is 0.0500. The smallest absolute Gasteiger partial charge is 0.339 e. The van der Waals surface area contributed by atoms with Crippen LogP contribution in [-0.2, 0) is 4.74 Å². The molecule has 0 aliphatic carbocycles. The van der Waals surface area contributed by atoms with E-state index in [0.29, 0.717) is 16.9 Å². The summed E-state index contributed by atoms with van der Waals surface area (Å²) < 4.78 is 6.79. The molecule has 0 spiro atoms. The average Bonchev–Trinajstić information content (AvgIpc) is 3.07. The fourth-order valence-corrected chi connectivity index (χ4v) is 2.83. The lowest BCUT2D eigenvalue weighted by atomic mass is 10.1. The summed E-state index contributed by atoms with van der Waals surface area (Å²) in [6.45, 7) is 0. The molecule has 0 amide bonds. The molecule has 6 heteroatoms. The molecule has 0 saturated heterocycles. The van der Waals surface area contributed by atoms with E-state index < -0.39 is 5.97 Å². The Morgan fingerprint density at radius 1 is 1.08 bits per heavy atom. The van der Waals surface area contributed by atoms with Crippen LogP contribution in [-0.4, -0.2) is 27.4 Å². The molecule has 26 heavy (non-hydrogen) atoms. The number of nitrogens with one attached hydrogen (secondary N) is 1. The van der Waals surface area contributed by atoms with Gasteiger partial charge in [0.1, 0.15) is 11.5 Å². The van der Waals surface area contributed by atoms with Crippen LogP contribution in [0.5, 0.6) is 0 Å². The molecule has 2 aromatic carbocycles. The Labute approximate surface area is 150 Å². The van der Waals surface area contributed by atoms with E-state index in [2.05, 4.69) is 10.3 Å². The van der Waals surface area contributed by atoms with Crippen molar-refractivity contribution in [2.45, 2.75) is 0 Å². The first-order chi connectivity index (χ1) is 12.8. The third-order valence-corrected chi connectivity index (χ3v) is 4.06. The molecular formula is C20H16N4O2. The van der Waals surface area contributed by atoms with Crippen LogP contribution in [0.4, 0.5) is 11.5 Å². The van der Waals surface area contributed by atoms with Gasteiger partial charge in [0.15, 0.2) is 5.65 Å². The van der Waals surface area contributed by atoms with E-state index in [1.54, 1.807) is 24.5 Å². The van der Waals surface area contributed by atoms with Gasteiger partial charge in [0, 0.05) is 18.0 Å². The Bertz CT molecular complexity index is 1070. The molecule has 1 N–H and O–H groups in total. The Balaban J connectivity index is 1.88. The summed E-state index contributed by atoms with van der Waals surface area (Å²) in [4.78, 5) is 20.9. The SMILES string of the molecule is COC(=O)c1ccccc1Nc1c(-c2ccccc2)nc2cnccn12. The topological polar surface area (TPSA) is 68.5 Å². The number of esters is 1. The highest BCUT2D eigenvalue weighted by Gasteiger charge is 2.17. The maximum atomic E-state index is 12.1. The Hall–Kier alpha value is -3.67. The van der Waals surface area contributed by atoms with Crippen molar-refractivity contribution in [1.82, 2.24) is 14.4 Å². The summed E-state index contributed by atoms with van der Waals surface area (Å²) >= 11 is 0. The standard InChI is InChI=1S/C20H16N4O2/c1-26-20(25)15-9-5-6-10-16(15)22-19-18(14-7-3-2-4-8-14)23-17-13-21-11-12-24(17)19/h2-13,22H,1H3. The monoisotopic (exact) mass is 344 g/mol. The highest BCUT2D eigenvalue weighted by molar-refractivity contribution is 5.97. The van der Waals surface area contributed by atoms with Gasteiger partial charge in [-0.15, -0.1) is 0 Å². The Morgan fingerprint density at radius 2 is 1.85 bits per heavy atom. The van der Waals surface area contributed by atoms with Gasteiger partial charge >= 0.3 is 5.97 Å². The number of fused-ring (bicyclic) bond motifs is 1. The summed E-state index contributed by atoms with van der Waals surface area (Å²) in [6, 6.07) is 17.1.